The average Bonchev–Trinajstić information content (AvgIpc) is 2.38. The molecule has 7 heteroatoms. The van der Waals surface area contributed by atoms with E-state index in [1.807, 2.05) is 0 Å². The van der Waals surface area contributed by atoms with Crippen molar-refractivity contribution in [2.45, 2.75) is 31.2 Å². The molecular weight excluding hydrogens is 262 g/mol. The third-order valence-electron chi connectivity index (χ3n) is 3.59. The van der Waals surface area contributed by atoms with Crippen molar-refractivity contribution in [2.24, 2.45) is 5.73 Å². The predicted octanol–water partition coefficient (Wildman–Crippen LogP) is -1.26. The second-order valence-corrected chi connectivity index (χ2v) is 5.34. The average molecular weight is 285 g/mol. The number of likely N-dealkylation sites (N-methyl/N-ethyl adjacent to an activating group) is 1. The first-order chi connectivity index (χ1) is 9.45. The van der Waals surface area contributed by atoms with E-state index in [1.165, 1.54) is 4.90 Å². The minimum absolute atomic E-state index is 0.00905. The molecule has 0 bridgehead atoms. The fraction of sp³-hybridized carbons (Fsp3) is 0.769. The number of hydrogen-bond acceptors (Lipinski definition) is 5. The van der Waals surface area contributed by atoms with Gasteiger partial charge in [-0.3, -0.25) is 14.5 Å². The number of nitrogens with two attached hydrogens (primary N) is 1. The minimum atomic E-state index is -0.922. The zero-order valence-electron chi connectivity index (χ0n) is 11.9. The molecule has 114 valence electrons. The van der Waals surface area contributed by atoms with E-state index in [0.717, 1.165) is 19.1 Å². The Morgan fingerprint density at radius 1 is 1.45 bits per heavy atom. The van der Waals surface area contributed by atoms with Gasteiger partial charge >= 0.3 is 0 Å². The molecule has 0 aromatic carbocycles. The number of carbonyl (C=O) groups excluding carboxylic acids is 3. The first-order valence-electron chi connectivity index (χ1n) is 6.79. The summed E-state index contributed by atoms with van der Waals surface area (Å²) in [5.41, 5.74) is 4.22. The number of aliphatic hydroxyl groups excluding tert-OH is 1. The quantitative estimate of drug-likeness (QED) is 0.568. The van der Waals surface area contributed by atoms with Gasteiger partial charge in [-0.15, -0.1) is 0 Å². The van der Waals surface area contributed by atoms with Crippen LogP contribution >= 0.6 is 0 Å². The maximum absolute atomic E-state index is 12.1. The Kier molecular flexibility index (Phi) is 6.09. The van der Waals surface area contributed by atoms with E-state index in [4.69, 9.17) is 10.8 Å². The smallest absolute Gasteiger partial charge is 0.231 e. The van der Waals surface area contributed by atoms with Crippen LogP contribution in [0.3, 0.4) is 0 Å². The van der Waals surface area contributed by atoms with Gasteiger partial charge in [-0.1, -0.05) is 0 Å². The highest BCUT2D eigenvalue weighted by Gasteiger charge is 2.42. The Hall–Kier alpha value is -1.47. The number of likely N-dealkylation sites (tertiary alicyclic amines) is 1. The lowest BCUT2D eigenvalue weighted by Gasteiger charge is -2.45. The molecule has 3 N–H and O–H groups in total. The van der Waals surface area contributed by atoms with Gasteiger partial charge in [-0.25, -0.2) is 0 Å². The van der Waals surface area contributed by atoms with Crippen LogP contribution in [0.1, 0.15) is 25.7 Å². The molecule has 0 aliphatic carbocycles. The van der Waals surface area contributed by atoms with E-state index in [1.54, 1.807) is 11.9 Å². The normalized spacial score (nSPS) is 22.9. The van der Waals surface area contributed by atoms with Crippen molar-refractivity contribution in [1.82, 2.24) is 9.80 Å². The highest BCUT2D eigenvalue weighted by molar-refractivity contribution is 5.82. The van der Waals surface area contributed by atoms with Gasteiger partial charge < -0.3 is 20.5 Å². The Morgan fingerprint density at radius 3 is 2.70 bits per heavy atom. The summed E-state index contributed by atoms with van der Waals surface area (Å²) >= 11 is 0. The monoisotopic (exact) mass is 285 g/mol. The maximum atomic E-state index is 12.1. The van der Waals surface area contributed by atoms with E-state index in [-0.39, 0.29) is 32.0 Å². The molecule has 1 saturated heterocycles. The molecule has 0 aromatic heterocycles. The van der Waals surface area contributed by atoms with Gasteiger partial charge in [0, 0.05) is 19.5 Å². The standard InChI is InChI=1S/C13H23N3O4/c1-15(8-11(14)19)9-13(10-18)5-2-3-6-16(13)12(20)4-7-17/h10,17H,2-9H2,1H3,(H2,14,19). The highest BCUT2D eigenvalue weighted by atomic mass is 16.3. The van der Waals surface area contributed by atoms with Gasteiger partial charge in [0.25, 0.3) is 0 Å². The van der Waals surface area contributed by atoms with Gasteiger partial charge in [0.2, 0.25) is 11.8 Å². The number of primary amides is 1. The van der Waals surface area contributed by atoms with Gasteiger partial charge in [0.1, 0.15) is 11.8 Å². The van der Waals surface area contributed by atoms with Gasteiger partial charge in [-0.05, 0) is 26.3 Å². The van der Waals surface area contributed by atoms with Crippen molar-refractivity contribution in [3.05, 3.63) is 0 Å². The summed E-state index contributed by atoms with van der Waals surface area (Å²) in [6.45, 7) is 0.581. The van der Waals surface area contributed by atoms with Crippen LogP contribution in [-0.2, 0) is 14.4 Å². The van der Waals surface area contributed by atoms with Crippen molar-refractivity contribution in [2.75, 3.05) is 33.3 Å². The van der Waals surface area contributed by atoms with Crippen LogP contribution in [0, 0.1) is 0 Å². The summed E-state index contributed by atoms with van der Waals surface area (Å²) in [5, 5.41) is 8.90. The Morgan fingerprint density at radius 2 is 2.15 bits per heavy atom. The lowest BCUT2D eigenvalue weighted by atomic mass is 9.87. The molecule has 0 radical (unpaired) electrons. The molecule has 1 heterocycles. The Labute approximate surface area is 118 Å². The summed E-state index contributed by atoms with van der Waals surface area (Å²) in [5.74, 6) is -0.704. The topological polar surface area (TPSA) is 104 Å². The highest BCUT2D eigenvalue weighted by Crippen LogP contribution is 2.28. The minimum Gasteiger partial charge on any atom is -0.396 e. The summed E-state index contributed by atoms with van der Waals surface area (Å²) < 4.78 is 0. The van der Waals surface area contributed by atoms with E-state index in [2.05, 4.69) is 0 Å². The van der Waals surface area contributed by atoms with E-state index < -0.39 is 11.4 Å². The number of nitrogens with zero attached hydrogens (tertiary/aromatic N) is 2. The number of aldehydes is 1. The number of aliphatic hydroxyl groups is 1. The molecule has 0 aromatic rings. The molecule has 1 aliphatic heterocycles. The van der Waals surface area contributed by atoms with Crippen LogP contribution in [0.15, 0.2) is 0 Å². The predicted molar refractivity (Wildman–Crippen MR) is 72.8 cm³/mol. The van der Waals surface area contributed by atoms with Gasteiger partial charge in [0.05, 0.1) is 13.2 Å². The molecule has 0 saturated carbocycles. The molecule has 1 unspecified atom stereocenters. The van der Waals surface area contributed by atoms with E-state index in [9.17, 15) is 14.4 Å². The summed E-state index contributed by atoms with van der Waals surface area (Å²) in [6.07, 6.45) is 3.06. The number of rotatable bonds is 7. The van der Waals surface area contributed by atoms with Crippen molar-refractivity contribution in [1.29, 1.82) is 0 Å². The molecule has 20 heavy (non-hydrogen) atoms. The second kappa shape index (κ2) is 7.35. The van der Waals surface area contributed by atoms with Crippen LogP contribution in [0.5, 0.6) is 0 Å². The molecule has 1 aliphatic rings. The van der Waals surface area contributed by atoms with E-state index in [0.29, 0.717) is 13.0 Å². The van der Waals surface area contributed by atoms with Crippen LogP contribution in [0.25, 0.3) is 0 Å². The third-order valence-corrected chi connectivity index (χ3v) is 3.59. The molecule has 1 fully saturated rings. The molecular formula is C13H23N3O4. The first-order valence-corrected chi connectivity index (χ1v) is 6.79. The molecule has 2 amide bonds. The Balaban J connectivity index is 2.87. The summed E-state index contributed by atoms with van der Waals surface area (Å²) in [6, 6.07) is 0. The SMILES string of the molecule is CN(CC(N)=O)CC1(C=O)CCCCN1C(=O)CCO. The fourth-order valence-electron chi connectivity index (χ4n) is 2.78. The fourth-order valence-corrected chi connectivity index (χ4v) is 2.78. The lowest BCUT2D eigenvalue weighted by Crippen LogP contribution is -2.61. The van der Waals surface area contributed by atoms with Crippen LogP contribution < -0.4 is 5.73 Å². The van der Waals surface area contributed by atoms with Crippen molar-refractivity contribution in [3.8, 4) is 0 Å². The third kappa shape index (κ3) is 4.01. The Bertz CT molecular complexity index is 375. The van der Waals surface area contributed by atoms with E-state index >= 15 is 0 Å². The zero-order chi connectivity index (χ0) is 15.2. The molecule has 1 rings (SSSR count). The van der Waals surface area contributed by atoms with Crippen LogP contribution in [0.2, 0.25) is 0 Å². The summed E-state index contributed by atoms with van der Waals surface area (Å²) in [7, 11) is 1.69. The lowest BCUT2D eigenvalue weighted by molar-refractivity contribution is -0.146. The maximum Gasteiger partial charge on any atom is 0.231 e. The molecule has 0 spiro atoms. The van der Waals surface area contributed by atoms with Gasteiger partial charge in [0.15, 0.2) is 0 Å². The van der Waals surface area contributed by atoms with Crippen molar-refractivity contribution in [3.63, 3.8) is 0 Å². The second-order valence-electron chi connectivity index (χ2n) is 5.34. The van der Waals surface area contributed by atoms with Crippen molar-refractivity contribution >= 4 is 18.1 Å². The van der Waals surface area contributed by atoms with Gasteiger partial charge in [-0.2, -0.15) is 0 Å². The number of hydrogen-bond donors (Lipinski definition) is 2. The molecule has 7 nitrogen and oxygen atoms in total. The van der Waals surface area contributed by atoms with Crippen LogP contribution in [0.4, 0.5) is 0 Å². The molecule has 1 atom stereocenters. The zero-order valence-corrected chi connectivity index (χ0v) is 11.9. The summed E-state index contributed by atoms with van der Waals surface area (Å²) in [4.78, 5) is 37.8. The van der Waals surface area contributed by atoms with Crippen LogP contribution in [-0.4, -0.2) is 71.8 Å². The largest absolute Gasteiger partial charge is 0.396 e. The number of amides is 2. The van der Waals surface area contributed by atoms with Crippen molar-refractivity contribution < 1.29 is 19.5 Å². The first kappa shape index (κ1) is 16.6. The number of piperidine rings is 1. The number of carbonyl (C=O) groups is 3.